The number of carboxylic acid groups (broad SMARTS) is 2. The molecule has 2 rings (SSSR count). The SMILES string of the molecule is O=C(O)O.O=C1PC(=O)C(O)C1O.O=C1PC(=O)C(O)C1O. The van der Waals surface area contributed by atoms with Gasteiger partial charge in [0.1, 0.15) is 24.4 Å². The average molecular weight is 358 g/mol. The standard InChI is InChI=1S/2C4H5O4P.CH2O3/c2*5-1-2(6)4(8)9-3(1)7;2-1(3)4/h2*1-2,5-6,9H;(H2,2,3,4). The van der Waals surface area contributed by atoms with Crippen LogP contribution in [0.2, 0.25) is 0 Å². The lowest BCUT2D eigenvalue weighted by Gasteiger charge is -2.00. The van der Waals surface area contributed by atoms with E-state index in [-0.39, 0.29) is 0 Å². The number of aliphatic hydroxyl groups excluding tert-OH is 4. The van der Waals surface area contributed by atoms with Crippen LogP contribution in [0.15, 0.2) is 0 Å². The molecule has 0 saturated carbocycles. The monoisotopic (exact) mass is 358 g/mol. The Balaban J connectivity index is 0.000000326. The molecule has 0 amide bonds. The van der Waals surface area contributed by atoms with E-state index >= 15 is 0 Å². The Morgan fingerprint density at radius 2 is 0.773 bits per heavy atom. The zero-order chi connectivity index (χ0) is 17.6. The molecule has 4 unspecified atom stereocenters. The van der Waals surface area contributed by atoms with E-state index in [9.17, 15) is 19.2 Å². The van der Waals surface area contributed by atoms with E-state index in [2.05, 4.69) is 0 Å². The molecule has 2 saturated heterocycles. The van der Waals surface area contributed by atoms with E-state index in [0.717, 1.165) is 0 Å². The minimum absolute atomic E-state index is 0.561. The van der Waals surface area contributed by atoms with Crippen molar-refractivity contribution in [3.8, 4) is 0 Å². The summed E-state index contributed by atoms with van der Waals surface area (Å²) in [5.74, 6) is 0. The molecule has 22 heavy (non-hydrogen) atoms. The predicted molar refractivity (Wildman–Crippen MR) is 71.3 cm³/mol. The molecule has 13 heteroatoms. The highest BCUT2D eigenvalue weighted by Gasteiger charge is 2.39. The molecule has 0 aliphatic carbocycles. The molecular formula is C9H12O11P2. The summed E-state index contributed by atoms with van der Waals surface area (Å²) in [6.07, 6.45) is -7.68. The van der Waals surface area contributed by atoms with Crippen LogP contribution < -0.4 is 0 Å². The van der Waals surface area contributed by atoms with Gasteiger partial charge in [0.2, 0.25) is 0 Å². The average Bonchev–Trinajstić information content (AvgIpc) is 2.75. The van der Waals surface area contributed by atoms with Crippen LogP contribution in [0, 0.1) is 0 Å². The summed E-state index contributed by atoms with van der Waals surface area (Å²) in [7, 11) is -1.12. The lowest BCUT2D eigenvalue weighted by atomic mass is 10.2. The summed E-state index contributed by atoms with van der Waals surface area (Å²) < 4.78 is 0. The van der Waals surface area contributed by atoms with E-state index in [4.69, 9.17) is 35.4 Å². The van der Waals surface area contributed by atoms with Gasteiger partial charge in [0.15, 0.2) is 22.1 Å². The Morgan fingerprint density at radius 1 is 0.636 bits per heavy atom. The van der Waals surface area contributed by atoms with Crippen molar-refractivity contribution in [2.24, 2.45) is 0 Å². The van der Waals surface area contributed by atoms with Crippen LogP contribution in [0.5, 0.6) is 0 Å². The maximum absolute atomic E-state index is 10.4. The molecule has 2 fully saturated rings. The molecule has 2 aliphatic heterocycles. The van der Waals surface area contributed by atoms with Gasteiger partial charge >= 0.3 is 6.16 Å². The Bertz CT molecular complexity index is 412. The largest absolute Gasteiger partial charge is 0.503 e. The summed E-state index contributed by atoms with van der Waals surface area (Å²) >= 11 is 0. The zero-order valence-corrected chi connectivity index (χ0v) is 12.5. The van der Waals surface area contributed by atoms with Crippen LogP contribution in [0.1, 0.15) is 0 Å². The van der Waals surface area contributed by atoms with Gasteiger partial charge in [0, 0.05) is 17.2 Å². The second kappa shape index (κ2) is 8.94. The minimum Gasteiger partial charge on any atom is -0.450 e. The quantitative estimate of drug-likeness (QED) is 0.242. The third kappa shape index (κ3) is 6.18. The van der Waals surface area contributed by atoms with Gasteiger partial charge in [-0.1, -0.05) is 0 Å². The first-order valence-corrected chi connectivity index (χ1v) is 7.32. The second-order valence-corrected chi connectivity index (χ2v) is 6.24. The van der Waals surface area contributed by atoms with Crippen LogP contribution >= 0.6 is 17.2 Å². The van der Waals surface area contributed by atoms with Gasteiger partial charge in [-0.3, -0.25) is 19.2 Å². The normalized spacial score (nSPS) is 32.5. The minimum atomic E-state index is -1.83. The number of carbonyl (C=O) groups excluding carboxylic acids is 4. The van der Waals surface area contributed by atoms with Crippen molar-refractivity contribution < 1.29 is 54.6 Å². The molecular weight excluding hydrogens is 346 g/mol. The van der Waals surface area contributed by atoms with Crippen molar-refractivity contribution in [2.45, 2.75) is 24.4 Å². The van der Waals surface area contributed by atoms with Crippen LogP contribution in [0.3, 0.4) is 0 Å². The fraction of sp³-hybridized carbons (Fsp3) is 0.444. The summed E-state index contributed by atoms with van der Waals surface area (Å²) in [6.45, 7) is 0. The van der Waals surface area contributed by atoms with E-state index in [1.165, 1.54) is 0 Å². The first kappa shape index (κ1) is 20.6. The number of aliphatic hydroxyl groups is 4. The van der Waals surface area contributed by atoms with E-state index in [1.807, 2.05) is 0 Å². The third-order valence-electron chi connectivity index (χ3n) is 2.17. The lowest BCUT2D eigenvalue weighted by molar-refractivity contribution is -0.129. The highest BCUT2D eigenvalue weighted by molar-refractivity contribution is 7.75. The lowest BCUT2D eigenvalue weighted by Crippen LogP contribution is -2.27. The van der Waals surface area contributed by atoms with Crippen molar-refractivity contribution in [1.29, 1.82) is 0 Å². The molecule has 0 aromatic rings. The predicted octanol–water partition coefficient (Wildman–Crippen LogP) is -2.87. The summed E-state index contributed by atoms with van der Waals surface area (Å²) in [5.41, 5.74) is -2.25. The van der Waals surface area contributed by atoms with Crippen molar-refractivity contribution in [1.82, 2.24) is 0 Å². The number of hydrogen-bond donors (Lipinski definition) is 6. The summed E-state index contributed by atoms with van der Waals surface area (Å²) in [4.78, 5) is 50.1. The van der Waals surface area contributed by atoms with Crippen molar-refractivity contribution in [3.05, 3.63) is 0 Å². The first-order valence-electron chi connectivity index (χ1n) is 5.32. The molecule has 6 N–H and O–H groups in total. The number of rotatable bonds is 0. The molecule has 0 radical (unpaired) electrons. The number of carbonyl (C=O) groups is 5. The molecule has 2 heterocycles. The first-order chi connectivity index (χ1) is 9.98. The maximum atomic E-state index is 10.4. The van der Waals surface area contributed by atoms with Crippen molar-refractivity contribution >= 4 is 45.4 Å². The second-order valence-electron chi connectivity index (χ2n) is 3.77. The van der Waals surface area contributed by atoms with Crippen molar-refractivity contribution in [3.63, 3.8) is 0 Å². The van der Waals surface area contributed by atoms with Gasteiger partial charge in [-0.15, -0.1) is 0 Å². The molecule has 0 spiro atoms. The Kier molecular flexibility index (Phi) is 8.39. The number of hydrogen-bond acceptors (Lipinski definition) is 9. The van der Waals surface area contributed by atoms with Crippen molar-refractivity contribution in [2.75, 3.05) is 0 Å². The molecule has 0 aromatic heterocycles. The summed E-state index contributed by atoms with van der Waals surface area (Å²) in [6, 6.07) is 0. The maximum Gasteiger partial charge on any atom is 0.503 e. The Hall–Kier alpha value is -1.35. The Morgan fingerprint density at radius 3 is 0.818 bits per heavy atom. The van der Waals surface area contributed by atoms with Crippen LogP contribution in [0.4, 0.5) is 4.79 Å². The summed E-state index contributed by atoms with van der Waals surface area (Å²) in [5, 5.41) is 48.4. The molecule has 0 bridgehead atoms. The molecule has 124 valence electrons. The van der Waals surface area contributed by atoms with Gasteiger partial charge in [0.25, 0.3) is 0 Å². The third-order valence-corrected chi connectivity index (χ3v) is 4.33. The highest BCUT2D eigenvalue weighted by Crippen LogP contribution is 2.28. The van der Waals surface area contributed by atoms with Crippen LogP contribution in [0.25, 0.3) is 0 Å². The van der Waals surface area contributed by atoms with Crippen LogP contribution in [-0.4, -0.2) is 83.3 Å². The van der Waals surface area contributed by atoms with Gasteiger partial charge in [-0.05, 0) is 0 Å². The van der Waals surface area contributed by atoms with Gasteiger partial charge < -0.3 is 30.6 Å². The molecule has 4 atom stereocenters. The fourth-order valence-electron chi connectivity index (χ4n) is 1.11. The highest BCUT2D eigenvalue weighted by atomic mass is 31.1. The molecule has 0 aromatic carbocycles. The van der Waals surface area contributed by atoms with E-state index in [1.54, 1.807) is 0 Å². The van der Waals surface area contributed by atoms with Gasteiger partial charge in [-0.2, -0.15) is 0 Å². The Labute approximate surface area is 125 Å². The van der Waals surface area contributed by atoms with Crippen LogP contribution in [-0.2, 0) is 19.2 Å². The van der Waals surface area contributed by atoms with Gasteiger partial charge in [-0.25, -0.2) is 4.79 Å². The zero-order valence-electron chi connectivity index (χ0n) is 10.5. The molecule has 11 nitrogen and oxygen atoms in total. The topological polar surface area (TPSA) is 207 Å². The fourth-order valence-corrected chi connectivity index (χ4v) is 2.82. The smallest absolute Gasteiger partial charge is 0.450 e. The van der Waals surface area contributed by atoms with Gasteiger partial charge in [0.05, 0.1) is 0 Å². The van der Waals surface area contributed by atoms with E-state index in [0.29, 0.717) is 0 Å². The molecule has 2 aliphatic rings. The van der Waals surface area contributed by atoms with E-state index < -0.39 is 69.8 Å².